The number of halogens is 1. The zero-order chi connectivity index (χ0) is 11.8. The van der Waals surface area contributed by atoms with Crippen molar-refractivity contribution in [3.8, 4) is 11.3 Å². The molecular weight excluding hydrogens is 217 g/mol. The summed E-state index contributed by atoms with van der Waals surface area (Å²) in [5.41, 5.74) is 7.62. The fraction of sp³-hybridized carbons (Fsp3) is 0.308. The van der Waals surface area contributed by atoms with E-state index in [9.17, 15) is 4.39 Å². The Balaban J connectivity index is 1.96. The van der Waals surface area contributed by atoms with E-state index in [1.807, 2.05) is 6.07 Å². The zero-order valence-corrected chi connectivity index (χ0v) is 9.38. The van der Waals surface area contributed by atoms with Gasteiger partial charge in [-0.25, -0.2) is 9.37 Å². The predicted octanol–water partition coefficient (Wildman–Crippen LogP) is 2.35. The molecule has 1 fully saturated rings. The van der Waals surface area contributed by atoms with E-state index in [-0.39, 0.29) is 5.82 Å². The van der Waals surface area contributed by atoms with Gasteiger partial charge in [0.15, 0.2) is 0 Å². The van der Waals surface area contributed by atoms with E-state index in [0.717, 1.165) is 24.1 Å². The van der Waals surface area contributed by atoms with Crippen LogP contribution < -0.4 is 5.73 Å². The number of benzene rings is 1. The second-order valence-electron chi connectivity index (χ2n) is 4.58. The molecule has 88 valence electrons. The Morgan fingerprint density at radius 3 is 2.88 bits per heavy atom. The number of hydrogen-bond acceptors (Lipinski definition) is 2. The minimum absolute atomic E-state index is 0.222. The minimum atomic E-state index is -0.222. The number of hydrogen-bond donors (Lipinski definition) is 1. The van der Waals surface area contributed by atoms with Crippen molar-refractivity contribution in [1.82, 2.24) is 9.55 Å². The summed E-state index contributed by atoms with van der Waals surface area (Å²) in [7, 11) is 0. The van der Waals surface area contributed by atoms with Crippen LogP contribution in [0.15, 0.2) is 36.8 Å². The lowest BCUT2D eigenvalue weighted by Gasteiger charge is -2.34. The highest BCUT2D eigenvalue weighted by molar-refractivity contribution is 5.59. The fourth-order valence-corrected chi connectivity index (χ4v) is 2.32. The summed E-state index contributed by atoms with van der Waals surface area (Å²) in [6.07, 6.45) is 5.52. The molecule has 1 saturated carbocycles. The van der Waals surface area contributed by atoms with Crippen molar-refractivity contribution in [2.24, 2.45) is 5.73 Å². The molecule has 0 saturated heterocycles. The Kier molecular flexibility index (Phi) is 2.44. The topological polar surface area (TPSA) is 43.8 Å². The first kappa shape index (κ1) is 10.5. The molecule has 0 atom stereocenters. The van der Waals surface area contributed by atoms with Crippen LogP contribution in [0.2, 0.25) is 0 Å². The summed E-state index contributed by atoms with van der Waals surface area (Å²) in [6, 6.07) is 7.30. The summed E-state index contributed by atoms with van der Waals surface area (Å²) in [6.45, 7) is 0. The lowest BCUT2D eigenvalue weighted by Crippen LogP contribution is -2.37. The molecule has 17 heavy (non-hydrogen) atoms. The average Bonchev–Trinajstić information content (AvgIpc) is 2.73. The van der Waals surface area contributed by atoms with Gasteiger partial charge in [0.2, 0.25) is 0 Å². The molecule has 2 aromatic rings. The predicted molar refractivity (Wildman–Crippen MR) is 63.9 cm³/mol. The van der Waals surface area contributed by atoms with Crippen LogP contribution >= 0.6 is 0 Å². The second kappa shape index (κ2) is 3.96. The van der Waals surface area contributed by atoms with E-state index in [0.29, 0.717) is 12.1 Å². The smallest absolute Gasteiger partial charge is 0.123 e. The molecule has 0 bridgehead atoms. The largest absolute Gasteiger partial charge is 0.328 e. The van der Waals surface area contributed by atoms with Crippen molar-refractivity contribution in [2.45, 2.75) is 24.9 Å². The normalized spacial score (nSPS) is 23.4. The molecule has 1 aromatic carbocycles. The average molecular weight is 231 g/mol. The maximum atomic E-state index is 13.2. The SMILES string of the molecule is NC1CC(n2cncc2-c2cccc(F)c2)C1. The van der Waals surface area contributed by atoms with Crippen molar-refractivity contribution in [2.75, 3.05) is 0 Å². The summed E-state index contributed by atoms with van der Waals surface area (Å²) in [5, 5.41) is 0. The van der Waals surface area contributed by atoms with Gasteiger partial charge in [-0.15, -0.1) is 0 Å². The van der Waals surface area contributed by atoms with E-state index in [1.54, 1.807) is 18.6 Å². The van der Waals surface area contributed by atoms with Crippen LogP contribution in [0.5, 0.6) is 0 Å². The summed E-state index contributed by atoms with van der Waals surface area (Å²) >= 11 is 0. The van der Waals surface area contributed by atoms with Crippen molar-refractivity contribution >= 4 is 0 Å². The zero-order valence-electron chi connectivity index (χ0n) is 9.38. The third-order valence-electron chi connectivity index (χ3n) is 3.33. The standard InChI is InChI=1S/C13H14FN3/c14-10-3-1-2-9(4-10)13-7-16-8-17(13)12-5-11(15)6-12/h1-4,7-8,11-12H,5-6,15H2. The first-order chi connectivity index (χ1) is 8.24. The lowest BCUT2D eigenvalue weighted by atomic mass is 9.87. The van der Waals surface area contributed by atoms with E-state index < -0.39 is 0 Å². The van der Waals surface area contributed by atoms with Gasteiger partial charge in [0, 0.05) is 17.6 Å². The van der Waals surface area contributed by atoms with Crippen molar-refractivity contribution in [3.63, 3.8) is 0 Å². The molecule has 3 rings (SSSR count). The highest BCUT2D eigenvalue weighted by Gasteiger charge is 2.28. The van der Waals surface area contributed by atoms with Crippen molar-refractivity contribution in [3.05, 3.63) is 42.6 Å². The van der Waals surface area contributed by atoms with Crippen LogP contribution in [0.3, 0.4) is 0 Å². The summed E-state index contributed by atoms with van der Waals surface area (Å²) in [4.78, 5) is 4.16. The molecule has 0 amide bonds. The third kappa shape index (κ3) is 1.85. The van der Waals surface area contributed by atoms with Crippen LogP contribution in [-0.4, -0.2) is 15.6 Å². The molecule has 1 heterocycles. The fourth-order valence-electron chi connectivity index (χ4n) is 2.32. The number of nitrogens with zero attached hydrogens (tertiary/aromatic N) is 2. The molecule has 1 aromatic heterocycles. The Morgan fingerprint density at radius 2 is 2.18 bits per heavy atom. The highest BCUT2D eigenvalue weighted by atomic mass is 19.1. The van der Waals surface area contributed by atoms with Gasteiger partial charge in [-0.05, 0) is 25.0 Å². The van der Waals surface area contributed by atoms with Gasteiger partial charge < -0.3 is 10.3 Å². The van der Waals surface area contributed by atoms with E-state index in [2.05, 4.69) is 9.55 Å². The number of nitrogens with two attached hydrogens (primary N) is 1. The van der Waals surface area contributed by atoms with E-state index >= 15 is 0 Å². The molecule has 4 heteroatoms. The van der Waals surface area contributed by atoms with Crippen molar-refractivity contribution in [1.29, 1.82) is 0 Å². The summed E-state index contributed by atoms with van der Waals surface area (Å²) in [5.74, 6) is -0.222. The van der Waals surface area contributed by atoms with Crippen LogP contribution in [0.4, 0.5) is 4.39 Å². The van der Waals surface area contributed by atoms with Gasteiger partial charge in [-0.3, -0.25) is 0 Å². The molecule has 0 unspecified atom stereocenters. The van der Waals surface area contributed by atoms with E-state index in [4.69, 9.17) is 5.73 Å². The molecule has 1 aliphatic carbocycles. The molecule has 0 aliphatic heterocycles. The molecule has 1 aliphatic rings. The Bertz CT molecular complexity index is 529. The molecular formula is C13H14FN3. The van der Waals surface area contributed by atoms with Gasteiger partial charge in [0.1, 0.15) is 5.82 Å². The van der Waals surface area contributed by atoms with Gasteiger partial charge >= 0.3 is 0 Å². The van der Waals surface area contributed by atoms with E-state index in [1.165, 1.54) is 12.1 Å². The van der Waals surface area contributed by atoms with Crippen LogP contribution in [0, 0.1) is 5.82 Å². The molecule has 0 radical (unpaired) electrons. The highest BCUT2D eigenvalue weighted by Crippen LogP contribution is 2.34. The molecule has 0 spiro atoms. The lowest BCUT2D eigenvalue weighted by molar-refractivity contribution is 0.268. The first-order valence-electron chi connectivity index (χ1n) is 5.77. The number of rotatable bonds is 2. The maximum absolute atomic E-state index is 13.2. The Morgan fingerprint density at radius 1 is 1.35 bits per heavy atom. The van der Waals surface area contributed by atoms with Gasteiger partial charge in [-0.1, -0.05) is 12.1 Å². The second-order valence-corrected chi connectivity index (χ2v) is 4.58. The monoisotopic (exact) mass is 231 g/mol. The third-order valence-corrected chi connectivity index (χ3v) is 3.33. The first-order valence-corrected chi connectivity index (χ1v) is 5.77. The van der Waals surface area contributed by atoms with Gasteiger partial charge in [0.05, 0.1) is 18.2 Å². The van der Waals surface area contributed by atoms with Crippen LogP contribution in [0.25, 0.3) is 11.3 Å². The van der Waals surface area contributed by atoms with Gasteiger partial charge in [0.25, 0.3) is 0 Å². The Hall–Kier alpha value is -1.68. The molecule has 2 N–H and O–H groups in total. The van der Waals surface area contributed by atoms with Crippen LogP contribution in [0.1, 0.15) is 18.9 Å². The van der Waals surface area contributed by atoms with Crippen LogP contribution in [-0.2, 0) is 0 Å². The number of aromatic nitrogens is 2. The quantitative estimate of drug-likeness (QED) is 0.862. The van der Waals surface area contributed by atoms with Gasteiger partial charge in [-0.2, -0.15) is 0 Å². The maximum Gasteiger partial charge on any atom is 0.123 e. The Labute approximate surface area is 99.1 Å². The number of imidazole rings is 1. The van der Waals surface area contributed by atoms with Crippen molar-refractivity contribution < 1.29 is 4.39 Å². The molecule has 3 nitrogen and oxygen atoms in total. The minimum Gasteiger partial charge on any atom is -0.328 e. The summed E-state index contributed by atoms with van der Waals surface area (Å²) < 4.78 is 15.3.